The van der Waals surface area contributed by atoms with Gasteiger partial charge in [0.15, 0.2) is 0 Å². The molecule has 1 heterocycles. The zero-order valence-corrected chi connectivity index (χ0v) is 13.1. The molecule has 2 aromatic carbocycles. The van der Waals surface area contributed by atoms with Gasteiger partial charge in [-0.05, 0) is 31.2 Å². The van der Waals surface area contributed by atoms with E-state index in [9.17, 15) is 4.79 Å². The van der Waals surface area contributed by atoms with Crippen LogP contribution in [0.4, 0.5) is 0 Å². The summed E-state index contributed by atoms with van der Waals surface area (Å²) in [6, 6.07) is 17.9. The van der Waals surface area contributed by atoms with E-state index in [4.69, 9.17) is 16.3 Å². The number of hydrogen-bond donors (Lipinski definition) is 0. The fraction of sp³-hybridized carbons (Fsp3) is 0.0556. The predicted octanol–water partition coefficient (Wildman–Crippen LogP) is 4.32. The van der Waals surface area contributed by atoms with Crippen molar-refractivity contribution in [3.63, 3.8) is 0 Å². The third-order valence-corrected chi connectivity index (χ3v) is 3.48. The molecular weight excluding hydrogens is 312 g/mol. The first-order chi connectivity index (χ1) is 11.1. The molecule has 0 saturated carbocycles. The van der Waals surface area contributed by atoms with E-state index in [1.165, 1.54) is 11.6 Å². The summed E-state index contributed by atoms with van der Waals surface area (Å²) in [6.45, 7) is 2.02. The lowest BCUT2D eigenvalue weighted by atomic mass is 10.1. The van der Waals surface area contributed by atoms with Crippen molar-refractivity contribution in [3.8, 4) is 17.1 Å². The molecule has 0 N–H and O–H groups in total. The van der Waals surface area contributed by atoms with Crippen molar-refractivity contribution in [2.75, 3.05) is 0 Å². The van der Waals surface area contributed by atoms with E-state index < -0.39 is 5.97 Å². The Kier molecular flexibility index (Phi) is 4.35. The van der Waals surface area contributed by atoms with Crippen LogP contribution >= 0.6 is 11.6 Å². The van der Waals surface area contributed by atoms with Crippen LogP contribution in [0.1, 0.15) is 15.9 Å². The van der Waals surface area contributed by atoms with Gasteiger partial charge in [0.05, 0.1) is 11.3 Å². The molecule has 0 atom stereocenters. The Morgan fingerprint density at radius 2 is 1.78 bits per heavy atom. The number of halogens is 1. The molecule has 0 saturated heterocycles. The van der Waals surface area contributed by atoms with Gasteiger partial charge < -0.3 is 4.74 Å². The highest BCUT2D eigenvalue weighted by molar-refractivity contribution is 6.30. The maximum Gasteiger partial charge on any atom is 0.344 e. The number of nitrogens with zero attached hydrogens (tertiary/aromatic N) is 2. The minimum atomic E-state index is -0.523. The summed E-state index contributed by atoms with van der Waals surface area (Å²) in [4.78, 5) is 12.0. The van der Waals surface area contributed by atoms with Crippen LogP contribution in [0, 0.1) is 6.92 Å². The van der Waals surface area contributed by atoms with E-state index in [1.807, 2.05) is 31.2 Å². The number of aryl methyl sites for hydroxylation is 1. The first-order valence-electron chi connectivity index (χ1n) is 7.00. The number of carbonyl (C=O) groups is 1. The van der Waals surface area contributed by atoms with Crippen LogP contribution in [-0.2, 0) is 0 Å². The van der Waals surface area contributed by atoms with Crippen molar-refractivity contribution in [1.82, 2.24) is 10.2 Å². The Labute approximate surface area is 138 Å². The van der Waals surface area contributed by atoms with Crippen molar-refractivity contribution in [1.29, 1.82) is 0 Å². The summed E-state index contributed by atoms with van der Waals surface area (Å²) in [5.74, 6) is -0.379. The van der Waals surface area contributed by atoms with Crippen molar-refractivity contribution in [2.45, 2.75) is 6.92 Å². The van der Waals surface area contributed by atoms with Crippen LogP contribution in [0.2, 0.25) is 5.02 Å². The maximum absolute atomic E-state index is 12.0. The van der Waals surface area contributed by atoms with Crippen LogP contribution in [-0.4, -0.2) is 16.2 Å². The molecule has 5 heteroatoms. The first-order valence-corrected chi connectivity index (χ1v) is 7.38. The number of ether oxygens (including phenoxy) is 1. The SMILES string of the molecule is Cc1ccc(-c2ccc(OC(=O)c3cccc(Cl)c3)nn2)cc1. The highest BCUT2D eigenvalue weighted by atomic mass is 35.5. The predicted molar refractivity (Wildman–Crippen MR) is 88.6 cm³/mol. The van der Waals surface area contributed by atoms with Gasteiger partial charge in [-0.15, -0.1) is 10.2 Å². The van der Waals surface area contributed by atoms with Gasteiger partial charge in [0.2, 0.25) is 5.88 Å². The maximum atomic E-state index is 12.0. The van der Waals surface area contributed by atoms with Crippen molar-refractivity contribution in [3.05, 3.63) is 76.8 Å². The monoisotopic (exact) mass is 324 g/mol. The second-order valence-electron chi connectivity index (χ2n) is 5.02. The number of hydrogen-bond acceptors (Lipinski definition) is 4. The van der Waals surface area contributed by atoms with E-state index in [0.29, 0.717) is 16.3 Å². The normalized spacial score (nSPS) is 10.3. The molecule has 0 radical (unpaired) electrons. The highest BCUT2D eigenvalue weighted by Gasteiger charge is 2.10. The van der Waals surface area contributed by atoms with E-state index >= 15 is 0 Å². The van der Waals surface area contributed by atoms with Gasteiger partial charge in [0.25, 0.3) is 0 Å². The van der Waals surface area contributed by atoms with E-state index in [0.717, 1.165) is 5.56 Å². The molecular formula is C18H13ClN2O2. The molecule has 114 valence electrons. The van der Waals surface area contributed by atoms with Crippen LogP contribution in [0.25, 0.3) is 11.3 Å². The number of esters is 1. The quantitative estimate of drug-likeness (QED) is 0.673. The standard InChI is InChI=1S/C18H13ClN2O2/c1-12-5-7-13(8-6-12)16-9-10-17(21-20-16)23-18(22)14-3-2-4-15(19)11-14/h2-11H,1H3. The van der Waals surface area contributed by atoms with Gasteiger partial charge in [0.1, 0.15) is 0 Å². The van der Waals surface area contributed by atoms with Gasteiger partial charge in [-0.1, -0.05) is 47.5 Å². The minimum absolute atomic E-state index is 0.144. The smallest absolute Gasteiger partial charge is 0.344 e. The third-order valence-electron chi connectivity index (χ3n) is 3.24. The Hall–Kier alpha value is -2.72. The minimum Gasteiger partial charge on any atom is -0.402 e. The van der Waals surface area contributed by atoms with Gasteiger partial charge in [0, 0.05) is 16.7 Å². The molecule has 0 aliphatic carbocycles. The second kappa shape index (κ2) is 6.58. The topological polar surface area (TPSA) is 52.1 Å². The molecule has 0 fully saturated rings. The largest absolute Gasteiger partial charge is 0.402 e. The molecule has 1 aromatic heterocycles. The van der Waals surface area contributed by atoms with Crippen molar-refractivity contribution in [2.24, 2.45) is 0 Å². The third kappa shape index (κ3) is 3.73. The summed E-state index contributed by atoms with van der Waals surface area (Å²) in [7, 11) is 0. The van der Waals surface area contributed by atoms with Crippen LogP contribution in [0.15, 0.2) is 60.7 Å². The Balaban J connectivity index is 1.75. The molecule has 0 amide bonds. The summed E-state index contributed by atoms with van der Waals surface area (Å²) < 4.78 is 5.19. The highest BCUT2D eigenvalue weighted by Crippen LogP contribution is 2.19. The molecule has 4 nitrogen and oxygen atoms in total. The number of carbonyl (C=O) groups excluding carboxylic acids is 1. The first kappa shape index (κ1) is 15.2. The van der Waals surface area contributed by atoms with Crippen LogP contribution in [0.5, 0.6) is 5.88 Å². The van der Waals surface area contributed by atoms with E-state index in [2.05, 4.69) is 10.2 Å². The average molecular weight is 325 g/mol. The molecule has 0 spiro atoms. The zero-order chi connectivity index (χ0) is 16.2. The summed E-state index contributed by atoms with van der Waals surface area (Å²) in [6.07, 6.45) is 0. The molecule has 3 rings (SSSR count). The van der Waals surface area contributed by atoms with E-state index in [1.54, 1.807) is 30.3 Å². The van der Waals surface area contributed by atoms with Crippen molar-refractivity contribution < 1.29 is 9.53 Å². The van der Waals surface area contributed by atoms with Crippen LogP contribution in [0.3, 0.4) is 0 Å². The fourth-order valence-corrected chi connectivity index (χ4v) is 2.21. The lowest BCUT2D eigenvalue weighted by molar-refractivity contribution is 0.0726. The Morgan fingerprint density at radius 1 is 1.00 bits per heavy atom. The van der Waals surface area contributed by atoms with Crippen molar-refractivity contribution >= 4 is 17.6 Å². The van der Waals surface area contributed by atoms with Gasteiger partial charge in [-0.2, -0.15) is 0 Å². The molecule has 0 bridgehead atoms. The van der Waals surface area contributed by atoms with E-state index in [-0.39, 0.29) is 5.88 Å². The van der Waals surface area contributed by atoms with Crippen LogP contribution < -0.4 is 4.74 Å². The number of rotatable bonds is 3. The lowest BCUT2D eigenvalue weighted by Crippen LogP contribution is -2.09. The summed E-state index contributed by atoms with van der Waals surface area (Å²) >= 11 is 5.86. The zero-order valence-electron chi connectivity index (χ0n) is 12.4. The molecule has 0 aliphatic heterocycles. The molecule has 3 aromatic rings. The second-order valence-corrected chi connectivity index (χ2v) is 5.46. The molecule has 0 unspecified atom stereocenters. The fourth-order valence-electron chi connectivity index (χ4n) is 2.02. The summed E-state index contributed by atoms with van der Waals surface area (Å²) in [5, 5.41) is 8.50. The Morgan fingerprint density at radius 3 is 2.43 bits per heavy atom. The van der Waals surface area contributed by atoms with Gasteiger partial charge in [-0.3, -0.25) is 0 Å². The lowest BCUT2D eigenvalue weighted by Gasteiger charge is -2.04. The van der Waals surface area contributed by atoms with Gasteiger partial charge >= 0.3 is 5.97 Å². The van der Waals surface area contributed by atoms with Gasteiger partial charge in [-0.25, -0.2) is 4.79 Å². The number of aromatic nitrogens is 2. The Bertz CT molecular complexity index is 830. The summed E-state index contributed by atoms with van der Waals surface area (Å²) in [5.41, 5.74) is 3.21. The molecule has 0 aliphatic rings. The number of benzene rings is 2. The average Bonchev–Trinajstić information content (AvgIpc) is 2.56. The molecule has 23 heavy (non-hydrogen) atoms.